The molecule has 6 heteroatoms. The summed E-state index contributed by atoms with van der Waals surface area (Å²) < 4.78 is 9.75. The molecule has 2 aromatic rings. The molecule has 5 nitrogen and oxygen atoms in total. The third-order valence-electron chi connectivity index (χ3n) is 3.29. The fraction of sp³-hybridized carbons (Fsp3) is 0.333. The Morgan fingerprint density at radius 1 is 1.48 bits per heavy atom. The molecule has 2 heterocycles. The maximum Gasteiger partial charge on any atom is 0.341 e. The van der Waals surface area contributed by atoms with E-state index in [0.29, 0.717) is 0 Å². The predicted molar refractivity (Wildman–Crippen MR) is 79.6 cm³/mol. The fourth-order valence-electron chi connectivity index (χ4n) is 1.90. The van der Waals surface area contributed by atoms with Crippen molar-refractivity contribution in [2.24, 2.45) is 0 Å². The molecule has 0 spiro atoms. The van der Waals surface area contributed by atoms with Gasteiger partial charge in [0.15, 0.2) is 5.76 Å². The summed E-state index contributed by atoms with van der Waals surface area (Å²) in [5.74, 6) is -0.641. The van der Waals surface area contributed by atoms with Crippen molar-refractivity contribution >= 4 is 23.2 Å². The molecule has 0 fully saturated rings. The molecular weight excluding hydrogens is 290 g/mol. The van der Waals surface area contributed by atoms with Crippen LogP contribution in [0.5, 0.6) is 0 Å². The zero-order chi connectivity index (χ0) is 15.4. The molecule has 0 radical (unpaired) electrons. The molecule has 0 aliphatic rings. The molecule has 0 saturated carbocycles. The van der Waals surface area contributed by atoms with Crippen molar-refractivity contribution in [3.05, 3.63) is 46.0 Å². The highest BCUT2D eigenvalue weighted by Gasteiger charge is 2.22. The average molecular weight is 307 g/mol. The molecule has 0 N–H and O–H groups in total. The number of carbonyl (C=O) groups is 2. The summed E-state index contributed by atoms with van der Waals surface area (Å²) in [6, 6.07) is 5.47. The number of carbonyl (C=O) groups excluding carboxylic acids is 2. The Balaban J connectivity index is 2.04. The smallest absolute Gasteiger partial charge is 0.341 e. The maximum absolute atomic E-state index is 12.3. The first-order valence-corrected chi connectivity index (χ1v) is 7.37. The zero-order valence-corrected chi connectivity index (χ0v) is 13.0. The molecule has 0 aliphatic carbocycles. The van der Waals surface area contributed by atoms with Crippen LogP contribution < -0.4 is 0 Å². The van der Waals surface area contributed by atoms with Gasteiger partial charge in [-0.2, -0.15) is 0 Å². The maximum atomic E-state index is 12.3. The molecule has 2 rings (SSSR count). The number of nitrogens with zero attached hydrogens (tertiary/aromatic N) is 1. The number of thiophene rings is 1. The van der Waals surface area contributed by atoms with E-state index in [9.17, 15) is 9.59 Å². The molecule has 112 valence electrons. The predicted octanol–water partition coefficient (Wildman–Crippen LogP) is 2.83. The number of ether oxygens (including phenoxy) is 1. The number of hydrogen-bond donors (Lipinski definition) is 0. The van der Waals surface area contributed by atoms with E-state index in [1.54, 1.807) is 23.3 Å². The van der Waals surface area contributed by atoms with Crippen molar-refractivity contribution in [1.82, 2.24) is 4.90 Å². The van der Waals surface area contributed by atoms with E-state index in [1.165, 1.54) is 24.3 Å². The van der Waals surface area contributed by atoms with E-state index < -0.39 is 5.97 Å². The minimum Gasteiger partial charge on any atom is -0.465 e. The number of esters is 1. The van der Waals surface area contributed by atoms with Crippen LogP contribution in [0.15, 0.2) is 34.3 Å². The van der Waals surface area contributed by atoms with Gasteiger partial charge in [0.25, 0.3) is 5.91 Å². The molecule has 1 amide bonds. The Kier molecular flexibility index (Phi) is 4.80. The first kappa shape index (κ1) is 15.3. The van der Waals surface area contributed by atoms with Crippen LogP contribution in [-0.2, 0) is 11.2 Å². The van der Waals surface area contributed by atoms with Crippen molar-refractivity contribution < 1.29 is 18.7 Å². The minimum absolute atomic E-state index is 0.0304. The molecule has 0 bridgehead atoms. The van der Waals surface area contributed by atoms with Crippen molar-refractivity contribution in [3.8, 4) is 0 Å². The van der Waals surface area contributed by atoms with Gasteiger partial charge in [0.2, 0.25) is 0 Å². The summed E-state index contributed by atoms with van der Waals surface area (Å²) in [6.45, 7) is 1.97. The van der Waals surface area contributed by atoms with Gasteiger partial charge >= 0.3 is 5.97 Å². The van der Waals surface area contributed by atoms with Crippen LogP contribution in [0.1, 0.15) is 32.7 Å². The Hall–Kier alpha value is -2.08. The van der Waals surface area contributed by atoms with Crippen LogP contribution in [0.2, 0.25) is 0 Å². The van der Waals surface area contributed by atoms with Gasteiger partial charge in [-0.3, -0.25) is 4.79 Å². The molecule has 0 aliphatic heterocycles. The lowest BCUT2D eigenvalue weighted by molar-refractivity contribution is 0.0599. The number of methoxy groups -OCH3 is 1. The quantitative estimate of drug-likeness (QED) is 0.797. The second kappa shape index (κ2) is 6.58. The van der Waals surface area contributed by atoms with Gasteiger partial charge < -0.3 is 14.1 Å². The monoisotopic (exact) mass is 307 g/mol. The first-order chi connectivity index (χ1) is 10.0. The van der Waals surface area contributed by atoms with E-state index >= 15 is 0 Å². The van der Waals surface area contributed by atoms with Crippen molar-refractivity contribution in [3.63, 3.8) is 0 Å². The van der Waals surface area contributed by atoms with Crippen LogP contribution in [0.4, 0.5) is 0 Å². The van der Waals surface area contributed by atoms with Crippen molar-refractivity contribution in [1.29, 1.82) is 0 Å². The summed E-state index contributed by atoms with van der Waals surface area (Å²) in [5.41, 5.74) is 0.236. The van der Waals surface area contributed by atoms with E-state index in [1.807, 2.05) is 24.4 Å². The van der Waals surface area contributed by atoms with Gasteiger partial charge in [-0.25, -0.2) is 4.79 Å². The van der Waals surface area contributed by atoms with E-state index in [2.05, 4.69) is 4.74 Å². The summed E-state index contributed by atoms with van der Waals surface area (Å²) in [4.78, 5) is 26.5. The lowest BCUT2D eigenvalue weighted by atomic mass is 10.1. The molecule has 0 saturated heterocycles. The highest BCUT2D eigenvalue weighted by atomic mass is 32.1. The van der Waals surface area contributed by atoms with E-state index in [4.69, 9.17) is 4.42 Å². The Labute approximate surface area is 127 Å². The van der Waals surface area contributed by atoms with Crippen LogP contribution in [-0.4, -0.2) is 37.0 Å². The number of likely N-dealkylation sites (N-methyl/N-ethyl adjacent to an activating group) is 1. The number of furan rings is 1. The minimum atomic E-state index is -0.521. The van der Waals surface area contributed by atoms with E-state index in [-0.39, 0.29) is 23.3 Å². The number of hydrogen-bond acceptors (Lipinski definition) is 5. The third-order valence-corrected chi connectivity index (χ3v) is 4.19. The van der Waals surface area contributed by atoms with Gasteiger partial charge in [-0.1, -0.05) is 6.07 Å². The Bertz CT molecular complexity index is 617. The average Bonchev–Trinajstić information content (AvgIpc) is 3.15. The van der Waals surface area contributed by atoms with Crippen molar-refractivity contribution in [2.45, 2.75) is 19.4 Å². The van der Waals surface area contributed by atoms with Gasteiger partial charge in [-0.15, -0.1) is 11.3 Å². The second-order valence-corrected chi connectivity index (χ2v) is 5.77. The zero-order valence-electron chi connectivity index (χ0n) is 12.2. The number of rotatable bonds is 5. The number of amides is 1. The third kappa shape index (κ3) is 3.52. The first-order valence-electron chi connectivity index (χ1n) is 6.49. The lowest BCUT2D eigenvalue weighted by Crippen LogP contribution is -2.36. The van der Waals surface area contributed by atoms with E-state index in [0.717, 1.165) is 6.42 Å². The molecule has 21 heavy (non-hydrogen) atoms. The topological polar surface area (TPSA) is 59.8 Å². The van der Waals surface area contributed by atoms with Crippen LogP contribution in [0, 0.1) is 0 Å². The Morgan fingerprint density at radius 3 is 2.86 bits per heavy atom. The summed E-state index contributed by atoms with van der Waals surface area (Å²) in [5, 5.41) is 2.01. The standard InChI is InChI=1S/C15H17NO4S/c1-10(7-12-5-4-6-21-12)16(2)14(17)13-8-11(9-20-13)15(18)19-3/h4-6,8-10H,7H2,1-3H3. The highest BCUT2D eigenvalue weighted by Crippen LogP contribution is 2.16. The normalized spacial score (nSPS) is 12.0. The highest BCUT2D eigenvalue weighted by molar-refractivity contribution is 7.09. The van der Waals surface area contributed by atoms with Gasteiger partial charge in [0.1, 0.15) is 6.26 Å². The summed E-state index contributed by atoms with van der Waals surface area (Å²) in [6.07, 6.45) is 2.02. The fourth-order valence-corrected chi connectivity index (χ4v) is 2.73. The molecule has 0 aromatic carbocycles. The lowest BCUT2D eigenvalue weighted by Gasteiger charge is -2.23. The van der Waals surface area contributed by atoms with Crippen LogP contribution >= 0.6 is 11.3 Å². The van der Waals surface area contributed by atoms with Gasteiger partial charge in [0, 0.05) is 30.5 Å². The van der Waals surface area contributed by atoms with Gasteiger partial charge in [-0.05, 0) is 18.4 Å². The van der Waals surface area contributed by atoms with Gasteiger partial charge in [0.05, 0.1) is 12.7 Å². The van der Waals surface area contributed by atoms with Crippen LogP contribution in [0.25, 0.3) is 0 Å². The Morgan fingerprint density at radius 2 is 2.24 bits per heavy atom. The molecule has 1 atom stereocenters. The SMILES string of the molecule is COC(=O)c1coc(C(=O)N(C)C(C)Cc2cccs2)c1. The van der Waals surface area contributed by atoms with Crippen molar-refractivity contribution in [2.75, 3.05) is 14.2 Å². The second-order valence-electron chi connectivity index (χ2n) is 4.74. The molecular formula is C15H17NO4S. The summed E-state index contributed by atoms with van der Waals surface area (Å²) in [7, 11) is 3.01. The largest absolute Gasteiger partial charge is 0.465 e. The van der Waals surface area contributed by atoms with Crippen LogP contribution in [0.3, 0.4) is 0 Å². The molecule has 1 unspecified atom stereocenters. The summed E-state index contributed by atoms with van der Waals surface area (Å²) >= 11 is 1.66. The molecule has 2 aromatic heterocycles.